The van der Waals surface area contributed by atoms with Crippen LogP contribution in [0.1, 0.15) is 5.56 Å². The van der Waals surface area contributed by atoms with E-state index < -0.39 is 0 Å². The monoisotopic (exact) mass is 287 g/mol. The summed E-state index contributed by atoms with van der Waals surface area (Å²) in [6.45, 7) is 0.421. The molecule has 20 heavy (non-hydrogen) atoms. The van der Waals surface area contributed by atoms with Crippen molar-refractivity contribution >= 4 is 22.6 Å². The van der Waals surface area contributed by atoms with Gasteiger partial charge in [0.25, 0.3) is 0 Å². The number of hydrogen-bond acceptors (Lipinski definition) is 3. The predicted octanol–water partition coefficient (Wildman–Crippen LogP) is 4.22. The number of fused-ring (bicyclic) bond motifs is 1. The number of ether oxygens (including phenoxy) is 1. The third kappa shape index (κ3) is 2.26. The van der Waals surface area contributed by atoms with Gasteiger partial charge in [-0.05, 0) is 48.0 Å². The van der Waals surface area contributed by atoms with E-state index in [4.69, 9.17) is 26.5 Å². The maximum absolute atomic E-state index is 5.99. The molecule has 0 saturated heterocycles. The van der Waals surface area contributed by atoms with Crippen molar-refractivity contribution < 1.29 is 9.15 Å². The summed E-state index contributed by atoms with van der Waals surface area (Å²) in [5, 5.41) is 1.67. The van der Waals surface area contributed by atoms with Crippen LogP contribution in [0.5, 0.6) is 5.75 Å². The van der Waals surface area contributed by atoms with Crippen LogP contribution in [0.15, 0.2) is 46.9 Å². The molecule has 102 valence electrons. The third-order valence-electron chi connectivity index (χ3n) is 3.28. The van der Waals surface area contributed by atoms with Gasteiger partial charge in [0, 0.05) is 22.5 Å². The zero-order valence-corrected chi connectivity index (χ0v) is 11.8. The van der Waals surface area contributed by atoms with E-state index >= 15 is 0 Å². The number of halogens is 1. The lowest BCUT2D eigenvalue weighted by atomic mass is 10.0. The number of benzene rings is 2. The second-order valence-electron chi connectivity index (χ2n) is 4.52. The first-order valence-electron chi connectivity index (χ1n) is 6.27. The summed E-state index contributed by atoms with van der Waals surface area (Å²) in [5.41, 5.74) is 8.57. The van der Waals surface area contributed by atoms with Crippen LogP contribution in [-0.4, -0.2) is 7.11 Å². The van der Waals surface area contributed by atoms with Crippen molar-refractivity contribution in [3.05, 3.63) is 53.1 Å². The largest absolute Gasteiger partial charge is 0.497 e. The molecule has 0 radical (unpaired) electrons. The van der Waals surface area contributed by atoms with Crippen molar-refractivity contribution in [1.82, 2.24) is 0 Å². The molecule has 0 aliphatic carbocycles. The number of furan rings is 1. The number of nitrogens with two attached hydrogens (primary N) is 1. The molecule has 0 spiro atoms. The molecule has 4 heteroatoms. The molecule has 0 atom stereocenters. The number of methoxy groups -OCH3 is 1. The molecule has 0 amide bonds. The van der Waals surface area contributed by atoms with Crippen LogP contribution >= 0.6 is 11.6 Å². The van der Waals surface area contributed by atoms with E-state index in [0.717, 1.165) is 33.6 Å². The van der Waals surface area contributed by atoms with Crippen LogP contribution in [0, 0.1) is 0 Å². The molecular weight excluding hydrogens is 274 g/mol. The van der Waals surface area contributed by atoms with Crippen molar-refractivity contribution in [2.24, 2.45) is 5.73 Å². The maximum Gasteiger partial charge on any atom is 0.135 e. The highest BCUT2D eigenvalue weighted by atomic mass is 35.5. The summed E-state index contributed by atoms with van der Waals surface area (Å²) >= 11 is 5.99. The molecule has 0 bridgehead atoms. The van der Waals surface area contributed by atoms with Crippen molar-refractivity contribution in [1.29, 1.82) is 0 Å². The van der Waals surface area contributed by atoms with Gasteiger partial charge in [0.1, 0.15) is 17.1 Å². The molecule has 3 nitrogen and oxygen atoms in total. The smallest absolute Gasteiger partial charge is 0.135 e. The molecule has 1 heterocycles. The average Bonchev–Trinajstić information content (AvgIpc) is 2.89. The van der Waals surface area contributed by atoms with Gasteiger partial charge in [-0.1, -0.05) is 11.6 Å². The first-order chi connectivity index (χ1) is 9.71. The second-order valence-corrected chi connectivity index (χ2v) is 4.96. The highest BCUT2D eigenvalue weighted by molar-refractivity contribution is 6.31. The van der Waals surface area contributed by atoms with Crippen molar-refractivity contribution in [3.8, 4) is 17.1 Å². The van der Waals surface area contributed by atoms with Gasteiger partial charge in [0.2, 0.25) is 0 Å². The van der Waals surface area contributed by atoms with E-state index in [-0.39, 0.29) is 0 Å². The van der Waals surface area contributed by atoms with Crippen LogP contribution in [0.25, 0.3) is 22.3 Å². The van der Waals surface area contributed by atoms with Gasteiger partial charge in [0.05, 0.1) is 7.11 Å². The van der Waals surface area contributed by atoms with E-state index in [0.29, 0.717) is 11.6 Å². The first kappa shape index (κ1) is 13.0. The summed E-state index contributed by atoms with van der Waals surface area (Å²) in [4.78, 5) is 0. The lowest BCUT2D eigenvalue weighted by Gasteiger charge is -2.07. The Morgan fingerprint density at radius 2 is 2.00 bits per heavy atom. The Morgan fingerprint density at radius 1 is 1.15 bits per heavy atom. The Bertz CT molecular complexity index is 764. The first-order valence-corrected chi connectivity index (χ1v) is 6.65. The normalized spacial score (nSPS) is 10.9. The lowest BCUT2D eigenvalue weighted by molar-refractivity contribution is 0.414. The fraction of sp³-hybridized carbons (Fsp3) is 0.125. The van der Waals surface area contributed by atoms with E-state index in [2.05, 4.69) is 0 Å². The van der Waals surface area contributed by atoms with Gasteiger partial charge >= 0.3 is 0 Å². The predicted molar refractivity (Wildman–Crippen MR) is 81.1 cm³/mol. The maximum atomic E-state index is 5.99. The van der Waals surface area contributed by atoms with E-state index in [9.17, 15) is 0 Å². The molecule has 0 saturated carbocycles. The van der Waals surface area contributed by atoms with Gasteiger partial charge < -0.3 is 14.9 Å². The minimum Gasteiger partial charge on any atom is -0.497 e. The fourth-order valence-corrected chi connectivity index (χ4v) is 2.43. The van der Waals surface area contributed by atoms with Crippen molar-refractivity contribution in [2.45, 2.75) is 6.54 Å². The van der Waals surface area contributed by atoms with Gasteiger partial charge in [0.15, 0.2) is 0 Å². The molecule has 0 unspecified atom stereocenters. The molecule has 2 N–H and O–H groups in total. The van der Waals surface area contributed by atoms with E-state index in [1.165, 1.54) is 0 Å². The van der Waals surface area contributed by atoms with Gasteiger partial charge in [-0.2, -0.15) is 0 Å². The third-order valence-corrected chi connectivity index (χ3v) is 3.51. The molecule has 2 aromatic carbocycles. The van der Waals surface area contributed by atoms with Gasteiger partial charge in [-0.25, -0.2) is 0 Å². The van der Waals surface area contributed by atoms with Crippen molar-refractivity contribution in [2.75, 3.05) is 7.11 Å². The highest BCUT2D eigenvalue weighted by Crippen LogP contribution is 2.32. The molecule has 1 aromatic heterocycles. The Hall–Kier alpha value is -1.97. The van der Waals surface area contributed by atoms with E-state index in [1.54, 1.807) is 7.11 Å². The highest BCUT2D eigenvalue weighted by Gasteiger charge is 2.11. The van der Waals surface area contributed by atoms with Gasteiger partial charge in [-0.3, -0.25) is 0 Å². The SMILES string of the molecule is COc1ccc(-c2cc3cc(Cl)ccc3o2)c(CN)c1. The zero-order chi connectivity index (χ0) is 14.1. The second kappa shape index (κ2) is 5.19. The molecule has 3 aromatic rings. The topological polar surface area (TPSA) is 48.4 Å². The molecule has 0 aliphatic heterocycles. The minimum atomic E-state index is 0.421. The Morgan fingerprint density at radius 3 is 2.75 bits per heavy atom. The molecule has 0 fully saturated rings. The average molecular weight is 288 g/mol. The minimum absolute atomic E-state index is 0.421. The summed E-state index contributed by atoms with van der Waals surface area (Å²) in [5.74, 6) is 1.57. The number of hydrogen-bond donors (Lipinski definition) is 1. The molecule has 3 rings (SSSR count). The number of rotatable bonds is 3. The lowest BCUT2D eigenvalue weighted by Crippen LogP contribution is -1.99. The molecule has 0 aliphatic rings. The van der Waals surface area contributed by atoms with Crippen LogP contribution in [-0.2, 0) is 6.54 Å². The molecular formula is C16H14ClNO2. The van der Waals surface area contributed by atoms with Crippen LogP contribution < -0.4 is 10.5 Å². The van der Waals surface area contributed by atoms with Gasteiger partial charge in [-0.15, -0.1) is 0 Å². The summed E-state index contributed by atoms with van der Waals surface area (Å²) in [6.07, 6.45) is 0. The Balaban J connectivity index is 2.14. The van der Waals surface area contributed by atoms with Crippen LogP contribution in [0.2, 0.25) is 5.02 Å². The quantitative estimate of drug-likeness (QED) is 0.784. The van der Waals surface area contributed by atoms with Crippen molar-refractivity contribution in [3.63, 3.8) is 0 Å². The summed E-state index contributed by atoms with van der Waals surface area (Å²) in [6, 6.07) is 13.3. The zero-order valence-electron chi connectivity index (χ0n) is 11.0. The fourth-order valence-electron chi connectivity index (χ4n) is 2.25. The van der Waals surface area contributed by atoms with Crippen LogP contribution in [0.4, 0.5) is 0 Å². The van der Waals surface area contributed by atoms with E-state index in [1.807, 2.05) is 42.5 Å². The van der Waals surface area contributed by atoms with Crippen LogP contribution in [0.3, 0.4) is 0 Å². The Kier molecular flexibility index (Phi) is 3.38. The standard InChI is InChI=1S/C16H14ClNO2/c1-19-13-3-4-14(11(7-13)9-18)16-8-10-6-12(17)2-5-15(10)20-16/h2-8H,9,18H2,1H3. The summed E-state index contributed by atoms with van der Waals surface area (Å²) < 4.78 is 11.1. The summed E-state index contributed by atoms with van der Waals surface area (Å²) in [7, 11) is 1.64. The Labute approximate surface area is 121 Å².